The van der Waals surface area contributed by atoms with Crippen molar-refractivity contribution in [3.63, 3.8) is 0 Å². The molecule has 20 heavy (non-hydrogen) atoms. The van der Waals surface area contributed by atoms with E-state index in [1.807, 2.05) is 6.07 Å². The van der Waals surface area contributed by atoms with E-state index in [9.17, 15) is 4.79 Å². The molecular formula is C13H9N5O2. The molecule has 7 heteroatoms. The number of hydrogen-bond donors (Lipinski definition) is 2. The highest BCUT2D eigenvalue weighted by atomic mass is 16.5. The lowest BCUT2D eigenvalue weighted by Crippen LogP contribution is -2.25. The summed E-state index contributed by atoms with van der Waals surface area (Å²) < 4.78 is 5.28. The monoisotopic (exact) mass is 267 g/mol. The SMILES string of the molecule is N#CNc1ccc(-c2ccc3c(c2)NC(=O)CO3)nn1. The van der Waals surface area contributed by atoms with Gasteiger partial charge in [0.1, 0.15) is 5.75 Å². The van der Waals surface area contributed by atoms with Gasteiger partial charge in [-0.1, -0.05) is 0 Å². The molecule has 0 unspecified atom stereocenters. The normalized spacial score (nSPS) is 12.7. The maximum absolute atomic E-state index is 11.3. The van der Waals surface area contributed by atoms with Crippen LogP contribution >= 0.6 is 0 Å². The second-order valence-electron chi connectivity index (χ2n) is 4.09. The lowest BCUT2D eigenvalue weighted by atomic mass is 10.1. The van der Waals surface area contributed by atoms with Crippen molar-refractivity contribution in [2.45, 2.75) is 0 Å². The maximum atomic E-state index is 11.3. The molecule has 0 atom stereocenters. The zero-order chi connectivity index (χ0) is 13.9. The molecular weight excluding hydrogens is 258 g/mol. The molecule has 0 saturated heterocycles. The number of nitrogens with one attached hydrogen (secondary N) is 2. The van der Waals surface area contributed by atoms with Crippen LogP contribution in [0.25, 0.3) is 11.3 Å². The Labute approximate surface area is 114 Å². The molecule has 1 aliphatic rings. The molecule has 1 aromatic carbocycles. The fraction of sp³-hybridized carbons (Fsp3) is 0.0769. The summed E-state index contributed by atoms with van der Waals surface area (Å²) in [5.74, 6) is 0.823. The van der Waals surface area contributed by atoms with E-state index in [4.69, 9.17) is 10.00 Å². The Hall–Kier alpha value is -3.14. The Morgan fingerprint density at radius 2 is 2.20 bits per heavy atom. The number of benzene rings is 1. The van der Waals surface area contributed by atoms with Gasteiger partial charge in [0.2, 0.25) is 0 Å². The molecule has 1 aromatic heterocycles. The summed E-state index contributed by atoms with van der Waals surface area (Å²) in [5.41, 5.74) is 2.04. The van der Waals surface area contributed by atoms with Gasteiger partial charge in [0.05, 0.1) is 11.4 Å². The minimum atomic E-state index is -0.186. The Morgan fingerprint density at radius 3 is 2.95 bits per heavy atom. The Balaban J connectivity index is 1.92. The van der Waals surface area contributed by atoms with E-state index < -0.39 is 0 Å². The van der Waals surface area contributed by atoms with Gasteiger partial charge in [-0.15, -0.1) is 10.2 Å². The van der Waals surface area contributed by atoms with Crippen molar-refractivity contribution in [1.82, 2.24) is 10.2 Å². The van der Waals surface area contributed by atoms with E-state index in [0.29, 0.717) is 22.9 Å². The standard InChI is InChI=1S/C13H9N5O2/c14-7-15-12-4-2-9(17-18-12)8-1-3-11-10(5-8)16-13(19)6-20-11/h1-5H,6H2,(H,15,18)(H,16,19). The smallest absolute Gasteiger partial charge is 0.262 e. The molecule has 0 aliphatic carbocycles. The van der Waals surface area contributed by atoms with E-state index in [0.717, 1.165) is 5.56 Å². The summed E-state index contributed by atoms with van der Waals surface area (Å²) in [6.45, 7) is 0.0285. The summed E-state index contributed by atoms with van der Waals surface area (Å²) >= 11 is 0. The van der Waals surface area contributed by atoms with E-state index in [-0.39, 0.29) is 12.5 Å². The average Bonchev–Trinajstić information content (AvgIpc) is 2.47. The van der Waals surface area contributed by atoms with Crippen molar-refractivity contribution in [3.8, 4) is 23.2 Å². The predicted octanol–water partition coefficient (Wildman–Crippen LogP) is 1.37. The lowest BCUT2D eigenvalue weighted by molar-refractivity contribution is -0.118. The largest absolute Gasteiger partial charge is 0.482 e. The van der Waals surface area contributed by atoms with Crippen LogP contribution in [0.15, 0.2) is 30.3 Å². The number of aromatic nitrogens is 2. The summed E-state index contributed by atoms with van der Waals surface area (Å²) in [6, 6.07) is 8.76. The molecule has 2 heterocycles. The average molecular weight is 267 g/mol. The number of nitriles is 1. The van der Waals surface area contributed by atoms with Crippen LogP contribution in [0.2, 0.25) is 0 Å². The Bertz CT molecular complexity index is 706. The number of nitrogens with zero attached hydrogens (tertiary/aromatic N) is 3. The molecule has 0 spiro atoms. The first-order valence-electron chi connectivity index (χ1n) is 5.82. The molecule has 1 amide bonds. The number of ether oxygens (including phenoxy) is 1. The van der Waals surface area contributed by atoms with Gasteiger partial charge in [-0.2, -0.15) is 5.26 Å². The number of amides is 1. The van der Waals surface area contributed by atoms with Crippen LogP contribution in [-0.2, 0) is 4.79 Å². The van der Waals surface area contributed by atoms with Crippen LogP contribution in [0.5, 0.6) is 5.75 Å². The summed E-state index contributed by atoms with van der Waals surface area (Å²) in [5, 5.41) is 21.5. The zero-order valence-corrected chi connectivity index (χ0v) is 10.3. The van der Waals surface area contributed by atoms with Crippen molar-refractivity contribution in [2.24, 2.45) is 0 Å². The quantitative estimate of drug-likeness (QED) is 0.629. The van der Waals surface area contributed by atoms with Gasteiger partial charge >= 0.3 is 0 Å². The maximum Gasteiger partial charge on any atom is 0.262 e. The van der Waals surface area contributed by atoms with E-state index in [2.05, 4.69) is 20.8 Å². The first kappa shape index (κ1) is 11.9. The van der Waals surface area contributed by atoms with Crippen molar-refractivity contribution in [3.05, 3.63) is 30.3 Å². The van der Waals surface area contributed by atoms with Gasteiger partial charge in [-0.05, 0) is 30.3 Å². The third-order valence-corrected chi connectivity index (χ3v) is 2.76. The minimum absolute atomic E-state index is 0.0285. The van der Waals surface area contributed by atoms with Crippen LogP contribution in [0.4, 0.5) is 11.5 Å². The van der Waals surface area contributed by atoms with Crippen molar-refractivity contribution >= 4 is 17.4 Å². The predicted molar refractivity (Wildman–Crippen MR) is 70.8 cm³/mol. The molecule has 2 N–H and O–H groups in total. The van der Waals surface area contributed by atoms with Crippen LogP contribution in [0, 0.1) is 11.5 Å². The number of rotatable bonds is 2. The van der Waals surface area contributed by atoms with Crippen LogP contribution < -0.4 is 15.4 Å². The second-order valence-corrected chi connectivity index (χ2v) is 4.09. The third kappa shape index (κ3) is 2.22. The highest BCUT2D eigenvalue weighted by molar-refractivity contribution is 5.96. The third-order valence-electron chi connectivity index (χ3n) is 2.76. The molecule has 2 aromatic rings. The van der Waals surface area contributed by atoms with Crippen LogP contribution in [0.3, 0.4) is 0 Å². The summed E-state index contributed by atoms with van der Waals surface area (Å²) in [6.07, 6.45) is 1.77. The van der Waals surface area contributed by atoms with Crippen LogP contribution in [0.1, 0.15) is 0 Å². The van der Waals surface area contributed by atoms with Crippen molar-refractivity contribution in [2.75, 3.05) is 17.2 Å². The van der Waals surface area contributed by atoms with Gasteiger partial charge in [-0.25, -0.2) is 0 Å². The Morgan fingerprint density at radius 1 is 1.30 bits per heavy atom. The summed E-state index contributed by atoms with van der Waals surface area (Å²) in [4.78, 5) is 11.3. The number of anilines is 2. The van der Waals surface area contributed by atoms with Crippen molar-refractivity contribution < 1.29 is 9.53 Å². The number of carbonyl (C=O) groups is 1. The fourth-order valence-corrected chi connectivity index (χ4v) is 1.85. The second kappa shape index (κ2) is 4.85. The Kier molecular flexibility index (Phi) is 2.89. The number of carbonyl (C=O) groups excluding carboxylic acids is 1. The van der Waals surface area contributed by atoms with Crippen LogP contribution in [-0.4, -0.2) is 22.7 Å². The van der Waals surface area contributed by atoms with Gasteiger partial charge in [0, 0.05) is 5.56 Å². The summed E-state index contributed by atoms with van der Waals surface area (Å²) in [7, 11) is 0. The molecule has 1 aliphatic heterocycles. The van der Waals surface area contributed by atoms with Gasteiger partial charge in [0.15, 0.2) is 18.6 Å². The van der Waals surface area contributed by atoms with E-state index in [1.54, 1.807) is 30.5 Å². The van der Waals surface area contributed by atoms with Gasteiger partial charge < -0.3 is 10.1 Å². The molecule has 7 nitrogen and oxygen atoms in total. The topological polar surface area (TPSA) is 99.9 Å². The highest BCUT2D eigenvalue weighted by Gasteiger charge is 2.16. The molecule has 0 radical (unpaired) electrons. The first-order valence-corrected chi connectivity index (χ1v) is 5.82. The van der Waals surface area contributed by atoms with Gasteiger partial charge in [0.25, 0.3) is 5.91 Å². The van der Waals surface area contributed by atoms with Gasteiger partial charge in [-0.3, -0.25) is 10.1 Å². The molecule has 3 rings (SSSR count). The molecule has 0 saturated carbocycles. The highest BCUT2D eigenvalue weighted by Crippen LogP contribution is 2.31. The number of hydrogen-bond acceptors (Lipinski definition) is 6. The fourth-order valence-electron chi connectivity index (χ4n) is 1.85. The minimum Gasteiger partial charge on any atom is -0.482 e. The lowest BCUT2D eigenvalue weighted by Gasteiger charge is -2.18. The number of fused-ring (bicyclic) bond motifs is 1. The molecule has 98 valence electrons. The van der Waals surface area contributed by atoms with Crippen molar-refractivity contribution in [1.29, 1.82) is 5.26 Å². The van der Waals surface area contributed by atoms with E-state index >= 15 is 0 Å². The molecule has 0 bridgehead atoms. The molecule has 0 fully saturated rings. The zero-order valence-electron chi connectivity index (χ0n) is 10.3. The van der Waals surface area contributed by atoms with E-state index in [1.165, 1.54) is 0 Å². The first-order chi connectivity index (χ1) is 9.76.